The minimum absolute atomic E-state index is 0.143. The van der Waals surface area contributed by atoms with Crippen molar-refractivity contribution in [3.8, 4) is 0 Å². The van der Waals surface area contributed by atoms with Crippen LogP contribution in [0.2, 0.25) is 0 Å². The first kappa shape index (κ1) is 14.7. The Labute approximate surface area is 126 Å². The number of hydrogen-bond donors (Lipinski definition) is 1. The van der Waals surface area contributed by atoms with E-state index in [0.29, 0.717) is 6.61 Å². The molecule has 0 spiro atoms. The average molecular weight is 344 g/mol. The number of anilines is 1. The summed E-state index contributed by atoms with van der Waals surface area (Å²) < 4.78 is 6.30. The largest absolute Gasteiger partial charge is 0.464 e. The fourth-order valence-electron chi connectivity index (χ4n) is 2.28. The molecule has 1 fully saturated rings. The lowest BCUT2D eigenvalue weighted by atomic mass is 9.92. The van der Waals surface area contributed by atoms with Crippen LogP contribution >= 0.6 is 27.7 Å². The molecule has 0 aliphatic carbocycles. The highest BCUT2D eigenvalue weighted by Crippen LogP contribution is 2.39. The molecule has 19 heavy (non-hydrogen) atoms. The fourth-order valence-corrected chi connectivity index (χ4v) is 3.89. The number of nitrogens with one attached hydrogen (secondary N) is 1. The smallest absolute Gasteiger partial charge is 0.332 e. The molecule has 1 N–H and O–H groups in total. The lowest BCUT2D eigenvalue weighted by Crippen LogP contribution is -2.51. The molecule has 1 aliphatic heterocycles. The van der Waals surface area contributed by atoms with Crippen LogP contribution in [0.5, 0.6) is 0 Å². The molecule has 2 atom stereocenters. The van der Waals surface area contributed by atoms with Crippen LogP contribution in [-0.4, -0.2) is 29.1 Å². The van der Waals surface area contributed by atoms with E-state index >= 15 is 0 Å². The molecule has 1 saturated heterocycles. The molecule has 0 aromatic heterocycles. The number of thioether (sulfide) groups is 1. The van der Waals surface area contributed by atoms with Gasteiger partial charge in [-0.05, 0) is 43.4 Å². The number of carbonyl (C=O) groups excluding carboxylic acids is 1. The Morgan fingerprint density at radius 1 is 1.53 bits per heavy atom. The van der Waals surface area contributed by atoms with E-state index in [1.807, 2.05) is 43.0 Å². The first-order valence-corrected chi connectivity index (χ1v) is 8.25. The quantitative estimate of drug-likeness (QED) is 0.846. The van der Waals surface area contributed by atoms with E-state index in [9.17, 15) is 4.79 Å². The molecular formula is C14H18BrNO2S. The number of esters is 1. The van der Waals surface area contributed by atoms with E-state index in [0.717, 1.165) is 22.3 Å². The average Bonchev–Trinajstić information content (AvgIpc) is 2.75. The second kappa shape index (κ2) is 6.18. The molecule has 2 unspecified atom stereocenters. The van der Waals surface area contributed by atoms with Crippen molar-refractivity contribution in [2.45, 2.75) is 31.1 Å². The summed E-state index contributed by atoms with van der Waals surface area (Å²) in [6.07, 6.45) is 0.799. The van der Waals surface area contributed by atoms with Crippen molar-refractivity contribution in [2.75, 3.05) is 17.7 Å². The first-order chi connectivity index (χ1) is 9.08. The molecule has 1 aliphatic rings. The van der Waals surface area contributed by atoms with Crippen molar-refractivity contribution >= 4 is 39.3 Å². The summed E-state index contributed by atoms with van der Waals surface area (Å²) in [4.78, 5) is 12.3. The lowest BCUT2D eigenvalue weighted by Gasteiger charge is -2.32. The Balaban J connectivity index is 2.23. The maximum atomic E-state index is 12.3. The Morgan fingerprint density at radius 2 is 2.21 bits per heavy atom. The summed E-state index contributed by atoms with van der Waals surface area (Å²) in [6, 6.07) is 7.88. The number of ether oxygens (including phenoxy) is 1. The molecule has 0 amide bonds. The minimum Gasteiger partial charge on any atom is -0.464 e. The van der Waals surface area contributed by atoms with Crippen molar-refractivity contribution < 1.29 is 9.53 Å². The van der Waals surface area contributed by atoms with Gasteiger partial charge in [0.15, 0.2) is 0 Å². The maximum Gasteiger partial charge on any atom is 0.332 e. The zero-order valence-corrected chi connectivity index (χ0v) is 13.5. The number of hydrogen-bond acceptors (Lipinski definition) is 4. The number of halogens is 1. The van der Waals surface area contributed by atoms with Gasteiger partial charge in [0.05, 0.1) is 6.61 Å². The van der Waals surface area contributed by atoms with E-state index in [2.05, 4.69) is 28.2 Å². The molecule has 1 aromatic rings. The van der Waals surface area contributed by atoms with Crippen molar-refractivity contribution in [2.24, 2.45) is 0 Å². The van der Waals surface area contributed by atoms with Gasteiger partial charge in [-0.1, -0.05) is 22.9 Å². The van der Waals surface area contributed by atoms with E-state index in [1.54, 1.807) is 0 Å². The molecule has 104 valence electrons. The molecule has 0 saturated carbocycles. The third kappa shape index (κ3) is 3.08. The van der Waals surface area contributed by atoms with Crippen LogP contribution < -0.4 is 5.32 Å². The van der Waals surface area contributed by atoms with Gasteiger partial charge in [-0.15, -0.1) is 0 Å². The van der Waals surface area contributed by atoms with Crippen LogP contribution in [0.3, 0.4) is 0 Å². The summed E-state index contributed by atoms with van der Waals surface area (Å²) >= 11 is 5.22. The van der Waals surface area contributed by atoms with Crippen LogP contribution in [0.25, 0.3) is 0 Å². The molecule has 1 heterocycles. The van der Waals surface area contributed by atoms with Gasteiger partial charge in [0.25, 0.3) is 0 Å². The summed E-state index contributed by atoms with van der Waals surface area (Å²) in [5.74, 6) is 0.833. The SMILES string of the molecule is CCOC(=O)C1(Nc2ccc(Br)cc2)CCSC1C. The highest BCUT2D eigenvalue weighted by molar-refractivity contribution is 9.10. The molecule has 1 aromatic carbocycles. The summed E-state index contributed by atoms with van der Waals surface area (Å²) in [7, 11) is 0. The first-order valence-electron chi connectivity index (χ1n) is 6.41. The van der Waals surface area contributed by atoms with Crippen LogP contribution in [0, 0.1) is 0 Å². The van der Waals surface area contributed by atoms with E-state index < -0.39 is 5.54 Å². The topological polar surface area (TPSA) is 38.3 Å². The molecular weight excluding hydrogens is 326 g/mol. The molecule has 0 radical (unpaired) electrons. The van der Waals surface area contributed by atoms with Gasteiger partial charge in [-0.2, -0.15) is 11.8 Å². The fraction of sp³-hybridized carbons (Fsp3) is 0.500. The maximum absolute atomic E-state index is 12.3. The predicted octanol–water partition coefficient (Wildman–Crippen LogP) is 3.69. The minimum atomic E-state index is -0.603. The van der Waals surface area contributed by atoms with Crippen molar-refractivity contribution in [3.63, 3.8) is 0 Å². The Bertz CT molecular complexity index is 451. The van der Waals surface area contributed by atoms with Crippen LogP contribution in [-0.2, 0) is 9.53 Å². The zero-order chi connectivity index (χ0) is 13.9. The zero-order valence-electron chi connectivity index (χ0n) is 11.1. The van der Waals surface area contributed by atoms with Crippen molar-refractivity contribution in [3.05, 3.63) is 28.7 Å². The Kier molecular flexibility index (Phi) is 4.79. The standard InChI is InChI=1S/C14H18BrNO2S/c1-3-18-13(17)14(8-9-19-10(14)2)16-12-6-4-11(15)5-7-12/h4-7,10,16H,3,8-9H2,1-2H3. The van der Waals surface area contributed by atoms with Gasteiger partial charge >= 0.3 is 5.97 Å². The van der Waals surface area contributed by atoms with Crippen LogP contribution in [0.15, 0.2) is 28.7 Å². The van der Waals surface area contributed by atoms with Gasteiger partial charge < -0.3 is 10.1 Å². The van der Waals surface area contributed by atoms with E-state index in [1.165, 1.54) is 0 Å². The monoisotopic (exact) mass is 343 g/mol. The third-order valence-electron chi connectivity index (χ3n) is 3.41. The number of rotatable bonds is 4. The normalized spacial score (nSPS) is 26.2. The molecule has 0 bridgehead atoms. The van der Waals surface area contributed by atoms with Crippen LogP contribution in [0.1, 0.15) is 20.3 Å². The highest BCUT2D eigenvalue weighted by atomic mass is 79.9. The van der Waals surface area contributed by atoms with Gasteiger partial charge in [0.2, 0.25) is 0 Å². The number of benzene rings is 1. The summed E-state index contributed by atoms with van der Waals surface area (Å²) in [5, 5.41) is 3.60. The lowest BCUT2D eigenvalue weighted by molar-refractivity contribution is -0.148. The second-order valence-electron chi connectivity index (χ2n) is 4.59. The Hall–Kier alpha value is -0.680. The van der Waals surface area contributed by atoms with Gasteiger partial charge in [-0.3, -0.25) is 0 Å². The van der Waals surface area contributed by atoms with Crippen molar-refractivity contribution in [1.82, 2.24) is 0 Å². The second-order valence-corrected chi connectivity index (χ2v) is 6.95. The highest BCUT2D eigenvalue weighted by Gasteiger charge is 2.48. The van der Waals surface area contributed by atoms with Crippen molar-refractivity contribution in [1.29, 1.82) is 0 Å². The number of carbonyl (C=O) groups is 1. The van der Waals surface area contributed by atoms with Gasteiger partial charge in [-0.25, -0.2) is 4.79 Å². The molecule has 5 heteroatoms. The van der Waals surface area contributed by atoms with E-state index in [-0.39, 0.29) is 11.2 Å². The van der Waals surface area contributed by atoms with E-state index in [4.69, 9.17) is 4.74 Å². The molecule has 3 nitrogen and oxygen atoms in total. The van der Waals surface area contributed by atoms with Crippen LogP contribution in [0.4, 0.5) is 5.69 Å². The van der Waals surface area contributed by atoms with Gasteiger partial charge in [0.1, 0.15) is 5.54 Å². The molecule has 2 rings (SSSR count). The van der Waals surface area contributed by atoms with Gasteiger partial charge in [0, 0.05) is 15.4 Å². The Morgan fingerprint density at radius 3 is 2.74 bits per heavy atom. The predicted molar refractivity (Wildman–Crippen MR) is 83.7 cm³/mol. The summed E-state index contributed by atoms with van der Waals surface area (Å²) in [5.41, 5.74) is 0.347. The third-order valence-corrected chi connectivity index (χ3v) is 5.28. The summed E-state index contributed by atoms with van der Waals surface area (Å²) in [6.45, 7) is 4.35.